The van der Waals surface area contributed by atoms with Gasteiger partial charge in [0.05, 0.1) is 11.3 Å². The molecular formula is C14H18N2O3. The Morgan fingerprint density at radius 1 is 1.42 bits per heavy atom. The van der Waals surface area contributed by atoms with Crippen LogP contribution in [0.4, 0.5) is 10.5 Å². The van der Waals surface area contributed by atoms with Crippen molar-refractivity contribution in [3.8, 4) is 0 Å². The summed E-state index contributed by atoms with van der Waals surface area (Å²) in [6, 6.07) is 4.68. The van der Waals surface area contributed by atoms with Gasteiger partial charge in [-0.1, -0.05) is 12.1 Å². The second kappa shape index (κ2) is 5.30. The van der Waals surface area contributed by atoms with Gasteiger partial charge in [0.15, 0.2) is 0 Å². The molecular weight excluding hydrogens is 244 g/mol. The maximum atomic E-state index is 12.0. The van der Waals surface area contributed by atoms with Crippen LogP contribution in [0.2, 0.25) is 0 Å². The van der Waals surface area contributed by atoms with Gasteiger partial charge in [-0.3, -0.25) is 0 Å². The SMILES string of the molecule is Cc1cccc(C(=O)O)c1NC(=O)N(C)CC1CC1. The van der Waals surface area contributed by atoms with Gasteiger partial charge in [0.2, 0.25) is 0 Å². The molecule has 1 aromatic rings. The smallest absolute Gasteiger partial charge is 0.337 e. The summed E-state index contributed by atoms with van der Waals surface area (Å²) in [6.45, 7) is 2.50. The van der Waals surface area contributed by atoms with Gasteiger partial charge in [-0.15, -0.1) is 0 Å². The van der Waals surface area contributed by atoms with Crippen LogP contribution in [0.3, 0.4) is 0 Å². The van der Waals surface area contributed by atoms with E-state index in [1.807, 2.05) is 0 Å². The Balaban J connectivity index is 2.12. The second-order valence-corrected chi connectivity index (χ2v) is 5.06. The first-order chi connectivity index (χ1) is 8.99. The predicted octanol–water partition coefficient (Wildman–Crippen LogP) is 2.57. The molecule has 0 saturated heterocycles. The Bertz CT molecular complexity index is 509. The van der Waals surface area contributed by atoms with E-state index < -0.39 is 5.97 Å². The lowest BCUT2D eigenvalue weighted by atomic mass is 10.1. The number of carbonyl (C=O) groups excluding carboxylic acids is 1. The third kappa shape index (κ3) is 3.24. The molecule has 0 radical (unpaired) electrons. The molecule has 5 heteroatoms. The molecule has 0 aromatic heterocycles. The van der Waals surface area contributed by atoms with Crippen LogP contribution >= 0.6 is 0 Å². The summed E-state index contributed by atoms with van der Waals surface area (Å²) in [5.74, 6) is -0.435. The number of amides is 2. The lowest BCUT2D eigenvalue weighted by Gasteiger charge is -2.19. The Morgan fingerprint density at radius 3 is 2.68 bits per heavy atom. The third-order valence-electron chi connectivity index (χ3n) is 3.31. The number of aryl methyl sites for hydroxylation is 1. The van der Waals surface area contributed by atoms with E-state index in [4.69, 9.17) is 5.11 Å². The second-order valence-electron chi connectivity index (χ2n) is 5.06. The highest BCUT2D eigenvalue weighted by molar-refractivity contribution is 6.00. The summed E-state index contributed by atoms with van der Waals surface area (Å²) in [5, 5.41) is 11.8. The van der Waals surface area contributed by atoms with E-state index in [0.717, 1.165) is 12.1 Å². The van der Waals surface area contributed by atoms with Crippen LogP contribution in [0.5, 0.6) is 0 Å². The molecule has 1 fully saturated rings. The van der Waals surface area contributed by atoms with Gasteiger partial charge in [-0.2, -0.15) is 0 Å². The predicted molar refractivity (Wildman–Crippen MR) is 72.5 cm³/mol. The van der Waals surface area contributed by atoms with Crippen LogP contribution in [-0.4, -0.2) is 35.6 Å². The summed E-state index contributed by atoms with van der Waals surface area (Å²) < 4.78 is 0. The highest BCUT2D eigenvalue weighted by atomic mass is 16.4. The van der Waals surface area contributed by atoms with Crippen LogP contribution < -0.4 is 5.32 Å². The number of benzene rings is 1. The molecule has 0 heterocycles. The molecule has 2 N–H and O–H groups in total. The fourth-order valence-electron chi connectivity index (χ4n) is 1.98. The number of nitrogens with one attached hydrogen (secondary N) is 1. The molecule has 102 valence electrons. The highest BCUT2D eigenvalue weighted by Crippen LogP contribution is 2.29. The van der Waals surface area contributed by atoms with Crippen molar-refractivity contribution >= 4 is 17.7 Å². The Morgan fingerprint density at radius 2 is 2.11 bits per heavy atom. The van der Waals surface area contributed by atoms with Crippen molar-refractivity contribution in [2.24, 2.45) is 5.92 Å². The number of hydrogen-bond acceptors (Lipinski definition) is 2. The van der Waals surface area contributed by atoms with Gasteiger partial charge in [-0.05, 0) is 37.3 Å². The number of urea groups is 1. The molecule has 0 unspecified atom stereocenters. The molecule has 0 bridgehead atoms. The van der Waals surface area contributed by atoms with Gasteiger partial charge in [-0.25, -0.2) is 9.59 Å². The molecule has 1 aliphatic rings. The fraction of sp³-hybridized carbons (Fsp3) is 0.429. The lowest BCUT2D eigenvalue weighted by Crippen LogP contribution is -2.33. The van der Waals surface area contributed by atoms with Crippen molar-refractivity contribution in [3.63, 3.8) is 0 Å². The molecule has 1 aromatic carbocycles. The van der Waals surface area contributed by atoms with Crippen molar-refractivity contribution < 1.29 is 14.7 Å². The number of para-hydroxylation sites is 1. The summed E-state index contributed by atoms with van der Waals surface area (Å²) in [4.78, 5) is 24.8. The number of nitrogens with zero attached hydrogens (tertiary/aromatic N) is 1. The van der Waals surface area contributed by atoms with Crippen molar-refractivity contribution in [2.45, 2.75) is 19.8 Å². The summed E-state index contributed by atoms with van der Waals surface area (Å²) in [7, 11) is 1.73. The summed E-state index contributed by atoms with van der Waals surface area (Å²) in [5.41, 5.74) is 1.24. The van der Waals surface area contributed by atoms with Gasteiger partial charge >= 0.3 is 12.0 Å². The van der Waals surface area contributed by atoms with Crippen LogP contribution in [0.25, 0.3) is 0 Å². The lowest BCUT2D eigenvalue weighted by molar-refractivity contribution is 0.0698. The van der Waals surface area contributed by atoms with Gasteiger partial charge < -0.3 is 15.3 Å². The maximum absolute atomic E-state index is 12.0. The van der Waals surface area contributed by atoms with Gasteiger partial charge in [0.1, 0.15) is 0 Å². The van der Waals surface area contributed by atoms with E-state index in [1.54, 1.807) is 31.0 Å². The molecule has 0 spiro atoms. The fourth-order valence-corrected chi connectivity index (χ4v) is 1.98. The molecule has 5 nitrogen and oxygen atoms in total. The Hall–Kier alpha value is -2.04. The van der Waals surface area contributed by atoms with E-state index in [2.05, 4.69) is 5.32 Å². The van der Waals surface area contributed by atoms with E-state index in [1.165, 1.54) is 18.9 Å². The van der Waals surface area contributed by atoms with E-state index in [0.29, 0.717) is 11.6 Å². The number of rotatable bonds is 4. The number of hydrogen-bond donors (Lipinski definition) is 2. The van der Waals surface area contributed by atoms with Crippen LogP contribution in [0.15, 0.2) is 18.2 Å². The minimum atomic E-state index is -1.04. The van der Waals surface area contributed by atoms with Gasteiger partial charge in [0, 0.05) is 13.6 Å². The topological polar surface area (TPSA) is 69.6 Å². The highest BCUT2D eigenvalue weighted by Gasteiger charge is 2.25. The molecule has 2 rings (SSSR count). The zero-order valence-corrected chi connectivity index (χ0v) is 11.1. The number of carbonyl (C=O) groups is 2. The Kier molecular flexibility index (Phi) is 3.74. The normalized spacial score (nSPS) is 14.0. The minimum absolute atomic E-state index is 0.119. The first-order valence-electron chi connectivity index (χ1n) is 6.34. The summed E-state index contributed by atoms with van der Waals surface area (Å²) in [6.07, 6.45) is 2.34. The Labute approximate surface area is 112 Å². The van der Waals surface area contributed by atoms with Crippen LogP contribution in [0, 0.1) is 12.8 Å². The minimum Gasteiger partial charge on any atom is -0.478 e. The van der Waals surface area contributed by atoms with Crippen LogP contribution in [-0.2, 0) is 0 Å². The monoisotopic (exact) mass is 262 g/mol. The largest absolute Gasteiger partial charge is 0.478 e. The average Bonchev–Trinajstić information content (AvgIpc) is 3.15. The standard InChI is InChI=1S/C14H18N2O3/c1-9-4-3-5-11(13(17)18)12(9)15-14(19)16(2)8-10-6-7-10/h3-5,10H,6-8H2,1-2H3,(H,15,19)(H,17,18). The van der Waals surface area contributed by atoms with Crippen molar-refractivity contribution in [3.05, 3.63) is 29.3 Å². The first-order valence-corrected chi connectivity index (χ1v) is 6.34. The van der Waals surface area contributed by atoms with Crippen molar-refractivity contribution in [1.29, 1.82) is 0 Å². The number of anilines is 1. The van der Waals surface area contributed by atoms with Gasteiger partial charge in [0.25, 0.3) is 0 Å². The zero-order valence-electron chi connectivity index (χ0n) is 11.1. The molecule has 19 heavy (non-hydrogen) atoms. The van der Waals surface area contributed by atoms with Crippen molar-refractivity contribution in [2.75, 3.05) is 18.9 Å². The quantitative estimate of drug-likeness (QED) is 0.876. The van der Waals surface area contributed by atoms with E-state index in [-0.39, 0.29) is 11.6 Å². The zero-order chi connectivity index (χ0) is 14.0. The molecule has 0 atom stereocenters. The maximum Gasteiger partial charge on any atom is 0.337 e. The molecule has 1 saturated carbocycles. The molecule has 2 amide bonds. The van der Waals surface area contributed by atoms with Crippen LogP contribution in [0.1, 0.15) is 28.8 Å². The van der Waals surface area contributed by atoms with Crippen molar-refractivity contribution in [1.82, 2.24) is 4.90 Å². The third-order valence-corrected chi connectivity index (χ3v) is 3.31. The molecule has 1 aliphatic carbocycles. The van der Waals surface area contributed by atoms with E-state index >= 15 is 0 Å². The average molecular weight is 262 g/mol. The summed E-state index contributed by atoms with van der Waals surface area (Å²) >= 11 is 0. The number of carboxylic acids is 1. The molecule has 0 aliphatic heterocycles. The number of carboxylic acid groups (broad SMARTS) is 1. The van der Waals surface area contributed by atoms with E-state index in [9.17, 15) is 9.59 Å². The number of aromatic carboxylic acids is 1. The first kappa shape index (κ1) is 13.4.